The summed E-state index contributed by atoms with van der Waals surface area (Å²) in [6, 6.07) is 0. The third kappa shape index (κ3) is 3.73. The quantitative estimate of drug-likeness (QED) is 0.313. The Bertz CT molecular complexity index is 118. The SMILES string of the molecule is C=CC(=O)OC1CC1.[Na]. The molecule has 0 atom stereocenters. The van der Waals surface area contributed by atoms with Gasteiger partial charge in [0.2, 0.25) is 0 Å². The average molecular weight is 135 g/mol. The molecule has 1 rings (SSSR count). The van der Waals surface area contributed by atoms with Crippen molar-refractivity contribution < 1.29 is 9.53 Å². The number of ether oxygens (including phenoxy) is 1. The Morgan fingerprint density at radius 2 is 2.22 bits per heavy atom. The molecule has 1 aliphatic carbocycles. The van der Waals surface area contributed by atoms with Crippen molar-refractivity contribution >= 4 is 35.5 Å². The van der Waals surface area contributed by atoms with E-state index in [1.807, 2.05) is 0 Å². The average Bonchev–Trinajstić information content (AvgIpc) is 2.50. The van der Waals surface area contributed by atoms with Gasteiger partial charge in [-0.25, -0.2) is 4.79 Å². The van der Waals surface area contributed by atoms with Crippen LogP contribution in [0.1, 0.15) is 12.8 Å². The first kappa shape index (κ1) is 9.21. The van der Waals surface area contributed by atoms with Crippen LogP contribution in [0.15, 0.2) is 12.7 Å². The van der Waals surface area contributed by atoms with Gasteiger partial charge in [0, 0.05) is 35.6 Å². The zero-order chi connectivity index (χ0) is 5.98. The maximum Gasteiger partial charge on any atom is 0.330 e. The summed E-state index contributed by atoms with van der Waals surface area (Å²) in [6.45, 7) is 3.27. The van der Waals surface area contributed by atoms with Crippen LogP contribution in [0.4, 0.5) is 0 Å². The maximum atomic E-state index is 10.3. The smallest absolute Gasteiger partial charge is 0.330 e. The Morgan fingerprint density at radius 3 is 2.56 bits per heavy atom. The second kappa shape index (κ2) is 4.09. The number of hydrogen-bond acceptors (Lipinski definition) is 2. The van der Waals surface area contributed by atoms with Crippen molar-refractivity contribution in [2.45, 2.75) is 18.9 Å². The van der Waals surface area contributed by atoms with Crippen LogP contribution in [0.2, 0.25) is 0 Å². The van der Waals surface area contributed by atoms with Crippen molar-refractivity contribution in [3.63, 3.8) is 0 Å². The fourth-order valence-electron chi connectivity index (χ4n) is 0.398. The molecule has 0 saturated heterocycles. The monoisotopic (exact) mass is 135 g/mol. The van der Waals surface area contributed by atoms with E-state index in [-0.39, 0.29) is 41.6 Å². The van der Waals surface area contributed by atoms with Gasteiger partial charge >= 0.3 is 5.97 Å². The van der Waals surface area contributed by atoms with Crippen LogP contribution >= 0.6 is 0 Å². The molecule has 2 nitrogen and oxygen atoms in total. The Balaban J connectivity index is 0.000000640. The molecule has 0 aliphatic heterocycles. The standard InChI is InChI=1S/C6H8O2.Na/c1-2-6(7)8-5-3-4-5;/h2,5H,1,3-4H2;. The molecule has 1 aliphatic rings. The van der Waals surface area contributed by atoms with E-state index >= 15 is 0 Å². The van der Waals surface area contributed by atoms with Gasteiger partial charge in [-0.15, -0.1) is 0 Å². The van der Waals surface area contributed by atoms with Crippen LogP contribution in [0.25, 0.3) is 0 Å². The fraction of sp³-hybridized carbons (Fsp3) is 0.500. The van der Waals surface area contributed by atoms with E-state index in [4.69, 9.17) is 4.74 Å². The zero-order valence-electron chi connectivity index (χ0n) is 5.59. The van der Waals surface area contributed by atoms with Gasteiger partial charge in [0.25, 0.3) is 0 Å². The summed E-state index contributed by atoms with van der Waals surface area (Å²) in [7, 11) is 0. The van der Waals surface area contributed by atoms with Crippen molar-refractivity contribution in [1.29, 1.82) is 0 Å². The summed E-state index contributed by atoms with van der Waals surface area (Å²) >= 11 is 0. The van der Waals surface area contributed by atoms with Crippen LogP contribution in [0, 0.1) is 0 Å². The molecule has 0 spiro atoms. The second-order valence-corrected chi connectivity index (χ2v) is 1.84. The topological polar surface area (TPSA) is 26.3 Å². The molecule has 0 aromatic rings. The molecule has 0 unspecified atom stereocenters. The first-order valence-electron chi connectivity index (χ1n) is 2.66. The third-order valence-corrected chi connectivity index (χ3v) is 0.974. The number of carbonyl (C=O) groups excluding carboxylic acids is 1. The van der Waals surface area contributed by atoms with E-state index in [1.54, 1.807) is 0 Å². The van der Waals surface area contributed by atoms with E-state index in [1.165, 1.54) is 6.08 Å². The third-order valence-electron chi connectivity index (χ3n) is 0.974. The molecule has 0 aromatic carbocycles. The normalized spacial score (nSPS) is 15.6. The molecule has 0 aromatic heterocycles. The van der Waals surface area contributed by atoms with Crippen LogP contribution in [-0.2, 0) is 9.53 Å². The van der Waals surface area contributed by atoms with E-state index in [2.05, 4.69) is 6.58 Å². The van der Waals surface area contributed by atoms with Crippen LogP contribution in [-0.4, -0.2) is 41.6 Å². The Labute approximate surface area is 76.6 Å². The van der Waals surface area contributed by atoms with Crippen molar-refractivity contribution in [3.05, 3.63) is 12.7 Å². The van der Waals surface area contributed by atoms with Crippen molar-refractivity contribution in [3.8, 4) is 0 Å². The minimum Gasteiger partial charge on any atom is -0.459 e. The molecule has 3 heteroatoms. The summed E-state index contributed by atoms with van der Waals surface area (Å²) in [4.78, 5) is 10.3. The van der Waals surface area contributed by atoms with Gasteiger partial charge in [0.05, 0.1) is 0 Å². The van der Waals surface area contributed by atoms with E-state index < -0.39 is 0 Å². The first-order chi connectivity index (χ1) is 3.83. The van der Waals surface area contributed by atoms with Gasteiger partial charge < -0.3 is 4.74 Å². The van der Waals surface area contributed by atoms with Gasteiger partial charge in [-0.1, -0.05) is 6.58 Å². The number of esters is 1. The van der Waals surface area contributed by atoms with Crippen molar-refractivity contribution in [2.24, 2.45) is 0 Å². The molecular formula is C6H8NaO2. The van der Waals surface area contributed by atoms with Crippen molar-refractivity contribution in [1.82, 2.24) is 0 Å². The summed E-state index contributed by atoms with van der Waals surface area (Å²) in [5.41, 5.74) is 0. The largest absolute Gasteiger partial charge is 0.459 e. The molecular weight excluding hydrogens is 127 g/mol. The molecule has 1 fully saturated rings. The molecule has 0 heterocycles. The Kier molecular flexibility index (Phi) is 4.19. The van der Waals surface area contributed by atoms with Crippen LogP contribution in [0.3, 0.4) is 0 Å². The minimum absolute atomic E-state index is 0. The molecule has 45 valence electrons. The fourth-order valence-corrected chi connectivity index (χ4v) is 0.398. The zero-order valence-corrected chi connectivity index (χ0v) is 7.59. The summed E-state index contributed by atoms with van der Waals surface area (Å²) < 4.78 is 4.75. The minimum atomic E-state index is -0.299. The van der Waals surface area contributed by atoms with E-state index in [0.717, 1.165) is 12.8 Å². The predicted molar refractivity (Wildman–Crippen MR) is 35.1 cm³/mol. The second-order valence-electron chi connectivity index (χ2n) is 1.84. The van der Waals surface area contributed by atoms with Gasteiger partial charge in [-0.3, -0.25) is 0 Å². The first-order valence-corrected chi connectivity index (χ1v) is 2.66. The van der Waals surface area contributed by atoms with Crippen molar-refractivity contribution in [2.75, 3.05) is 0 Å². The summed E-state index contributed by atoms with van der Waals surface area (Å²) in [5.74, 6) is -0.299. The Morgan fingerprint density at radius 1 is 1.67 bits per heavy atom. The molecule has 0 N–H and O–H groups in total. The Hall–Kier alpha value is 0.210. The van der Waals surface area contributed by atoms with Gasteiger partial charge in [0.1, 0.15) is 6.10 Å². The summed E-state index contributed by atoms with van der Waals surface area (Å²) in [5, 5.41) is 0. The number of hydrogen-bond donors (Lipinski definition) is 0. The van der Waals surface area contributed by atoms with Gasteiger partial charge in [-0.2, -0.15) is 0 Å². The molecule has 0 bridgehead atoms. The number of carbonyl (C=O) groups is 1. The van der Waals surface area contributed by atoms with Gasteiger partial charge in [-0.05, 0) is 12.8 Å². The van der Waals surface area contributed by atoms with E-state index in [0.29, 0.717) is 0 Å². The van der Waals surface area contributed by atoms with Crippen LogP contribution in [0.5, 0.6) is 0 Å². The molecule has 1 saturated carbocycles. The number of rotatable bonds is 2. The molecule has 0 amide bonds. The van der Waals surface area contributed by atoms with E-state index in [9.17, 15) is 4.79 Å². The maximum absolute atomic E-state index is 10.3. The van der Waals surface area contributed by atoms with Gasteiger partial charge in [0.15, 0.2) is 0 Å². The summed E-state index contributed by atoms with van der Waals surface area (Å²) in [6.07, 6.45) is 3.46. The van der Waals surface area contributed by atoms with Crippen LogP contribution < -0.4 is 0 Å². The predicted octanol–water partition coefficient (Wildman–Crippen LogP) is 0.497. The molecule has 9 heavy (non-hydrogen) atoms. The molecule has 1 radical (unpaired) electrons.